The molecular formula is C10H14N6O4P-. The number of ether oxygens (including phenoxy) is 1. The first-order valence-corrected chi connectivity index (χ1v) is 7.92. The molecule has 1 saturated heterocycles. The van der Waals surface area contributed by atoms with Crippen LogP contribution in [0.25, 0.3) is 11.2 Å². The van der Waals surface area contributed by atoms with Gasteiger partial charge in [-0.15, -0.1) is 0 Å². The van der Waals surface area contributed by atoms with Crippen LogP contribution in [-0.2, 0) is 15.8 Å². The lowest BCUT2D eigenvalue weighted by molar-refractivity contribution is -0.204. The highest BCUT2D eigenvalue weighted by atomic mass is 31.2. The molecule has 0 aliphatic carbocycles. The summed E-state index contributed by atoms with van der Waals surface area (Å²) >= 11 is 0. The van der Waals surface area contributed by atoms with Crippen LogP contribution in [0.3, 0.4) is 0 Å². The lowest BCUT2D eigenvalue weighted by Crippen LogP contribution is -2.20. The lowest BCUT2D eigenvalue weighted by Gasteiger charge is -2.23. The standard InChI is InChI=1S/C10H15N6O4P/c11-8-7-9(15-10(12)14-8)16(4-13-7)3-5-1-2-6(20-5)21(17,18)19/h4-6H,1-3H2,(H2,17,18,19)(H4,11,12,14,15)/p-1. The number of imidazole rings is 1. The van der Waals surface area contributed by atoms with Crippen molar-refractivity contribution in [2.75, 3.05) is 11.5 Å². The third kappa shape index (κ3) is 2.70. The smallest absolute Gasteiger partial charge is 0.224 e. The maximum Gasteiger partial charge on any atom is 0.224 e. The van der Waals surface area contributed by atoms with Gasteiger partial charge in [0.2, 0.25) is 5.95 Å². The number of rotatable bonds is 3. The van der Waals surface area contributed by atoms with Gasteiger partial charge < -0.3 is 35.1 Å². The van der Waals surface area contributed by atoms with Gasteiger partial charge in [-0.1, -0.05) is 0 Å². The molecule has 21 heavy (non-hydrogen) atoms. The van der Waals surface area contributed by atoms with Gasteiger partial charge in [0.05, 0.1) is 19.0 Å². The van der Waals surface area contributed by atoms with E-state index >= 15 is 0 Å². The summed E-state index contributed by atoms with van der Waals surface area (Å²) in [4.78, 5) is 32.1. The van der Waals surface area contributed by atoms with Crippen molar-refractivity contribution in [3.63, 3.8) is 0 Å². The fourth-order valence-electron chi connectivity index (χ4n) is 2.40. The molecule has 1 aliphatic rings. The topological polar surface area (TPSA) is 165 Å². The van der Waals surface area contributed by atoms with Crippen molar-refractivity contribution < 1.29 is 19.1 Å². The summed E-state index contributed by atoms with van der Waals surface area (Å²) in [5, 5.41) is 0. The van der Waals surface area contributed by atoms with Crippen LogP contribution in [0, 0.1) is 0 Å². The Morgan fingerprint density at radius 1 is 1.48 bits per heavy atom. The predicted molar refractivity (Wildman–Crippen MR) is 71.9 cm³/mol. The molecular weight excluding hydrogens is 299 g/mol. The van der Waals surface area contributed by atoms with E-state index in [9.17, 15) is 9.46 Å². The van der Waals surface area contributed by atoms with Gasteiger partial charge in [-0.3, -0.25) is 0 Å². The molecule has 3 heterocycles. The maximum absolute atomic E-state index is 11.1. The predicted octanol–water partition coefficient (Wildman–Crippen LogP) is -0.959. The van der Waals surface area contributed by atoms with Crippen LogP contribution in [0.2, 0.25) is 0 Å². The average molecular weight is 313 g/mol. The molecule has 1 aliphatic heterocycles. The number of aromatic nitrogens is 4. The third-order valence-electron chi connectivity index (χ3n) is 3.36. The summed E-state index contributed by atoms with van der Waals surface area (Å²) in [5.41, 5.74) is 12.1. The van der Waals surface area contributed by atoms with Crippen molar-refractivity contribution >= 4 is 30.5 Å². The number of nitrogen functional groups attached to an aromatic ring is 2. The molecule has 11 heteroatoms. The highest BCUT2D eigenvalue weighted by molar-refractivity contribution is 7.50. The zero-order chi connectivity index (χ0) is 15.2. The van der Waals surface area contributed by atoms with Gasteiger partial charge in [0.25, 0.3) is 0 Å². The second-order valence-electron chi connectivity index (χ2n) is 4.89. The van der Waals surface area contributed by atoms with E-state index < -0.39 is 13.4 Å². The van der Waals surface area contributed by atoms with Gasteiger partial charge in [-0.25, -0.2) is 4.98 Å². The highest BCUT2D eigenvalue weighted by Crippen LogP contribution is 2.44. The van der Waals surface area contributed by atoms with Gasteiger partial charge >= 0.3 is 0 Å². The van der Waals surface area contributed by atoms with E-state index in [0.717, 1.165) is 0 Å². The molecule has 3 atom stereocenters. The number of hydrogen-bond acceptors (Lipinski definition) is 8. The minimum absolute atomic E-state index is 0.0337. The molecule has 3 unspecified atom stereocenters. The largest absolute Gasteiger partial charge is 0.777 e. The molecule has 2 aromatic rings. The number of fused-ring (bicyclic) bond motifs is 1. The zero-order valence-corrected chi connectivity index (χ0v) is 11.8. The van der Waals surface area contributed by atoms with Crippen molar-refractivity contribution in [3.05, 3.63) is 6.33 Å². The Balaban J connectivity index is 1.82. The second-order valence-corrected chi connectivity index (χ2v) is 6.59. The van der Waals surface area contributed by atoms with Crippen LogP contribution < -0.4 is 16.4 Å². The summed E-state index contributed by atoms with van der Waals surface area (Å²) in [5.74, 6) is -0.936. The fraction of sp³-hybridized carbons (Fsp3) is 0.500. The molecule has 0 saturated carbocycles. The van der Waals surface area contributed by atoms with Crippen molar-refractivity contribution in [2.45, 2.75) is 31.3 Å². The zero-order valence-electron chi connectivity index (χ0n) is 10.9. The van der Waals surface area contributed by atoms with E-state index in [2.05, 4.69) is 15.0 Å². The van der Waals surface area contributed by atoms with Crippen molar-refractivity contribution in [3.8, 4) is 0 Å². The Hall–Kier alpha value is -1.74. The third-order valence-corrected chi connectivity index (χ3v) is 4.47. The van der Waals surface area contributed by atoms with Crippen LogP contribution in [-0.4, -0.2) is 36.4 Å². The van der Waals surface area contributed by atoms with Crippen molar-refractivity contribution in [2.24, 2.45) is 0 Å². The first-order chi connectivity index (χ1) is 9.84. The lowest BCUT2D eigenvalue weighted by atomic mass is 10.2. The molecule has 3 rings (SSSR count). The molecule has 5 N–H and O–H groups in total. The monoisotopic (exact) mass is 313 g/mol. The highest BCUT2D eigenvalue weighted by Gasteiger charge is 2.32. The van der Waals surface area contributed by atoms with E-state index in [1.165, 1.54) is 6.33 Å². The van der Waals surface area contributed by atoms with E-state index in [1.807, 2.05) is 0 Å². The molecule has 0 bridgehead atoms. The molecule has 0 spiro atoms. The average Bonchev–Trinajstić information content (AvgIpc) is 2.97. The number of nitrogens with zero attached hydrogens (tertiary/aromatic N) is 4. The molecule has 10 nitrogen and oxygen atoms in total. The fourth-order valence-corrected chi connectivity index (χ4v) is 3.20. The number of nitrogens with two attached hydrogens (primary N) is 2. The van der Waals surface area contributed by atoms with E-state index in [-0.39, 0.29) is 24.3 Å². The molecule has 2 aromatic heterocycles. The van der Waals surface area contributed by atoms with E-state index in [0.29, 0.717) is 24.1 Å². The Morgan fingerprint density at radius 2 is 2.24 bits per heavy atom. The molecule has 0 amide bonds. The SMILES string of the molecule is Nc1nc(N)c2ncn(CC3CCC(P(=O)([O-])O)O3)c2n1. The Labute approximate surface area is 119 Å². The van der Waals surface area contributed by atoms with Crippen LogP contribution in [0.1, 0.15) is 12.8 Å². The number of hydrogen-bond donors (Lipinski definition) is 3. The molecule has 0 aromatic carbocycles. The summed E-state index contributed by atoms with van der Waals surface area (Å²) in [6, 6.07) is 0. The van der Waals surface area contributed by atoms with Crippen LogP contribution in [0.5, 0.6) is 0 Å². The van der Waals surface area contributed by atoms with Gasteiger partial charge in [0.1, 0.15) is 11.4 Å². The summed E-state index contributed by atoms with van der Waals surface area (Å²) in [6.07, 6.45) is 1.92. The molecule has 0 radical (unpaired) electrons. The Morgan fingerprint density at radius 3 is 2.90 bits per heavy atom. The first-order valence-electron chi connectivity index (χ1n) is 6.27. The van der Waals surface area contributed by atoms with Gasteiger partial charge in [0, 0.05) is 0 Å². The Kier molecular flexibility index (Phi) is 3.33. The van der Waals surface area contributed by atoms with Gasteiger partial charge in [-0.2, -0.15) is 9.97 Å². The van der Waals surface area contributed by atoms with Crippen LogP contribution in [0.4, 0.5) is 11.8 Å². The van der Waals surface area contributed by atoms with E-state index in [1.54, 1.807) is 4.57 Å². The first kappa shape index (κ1) is 14.2. The van der Waals surface area contributed by atoms with Crippen molar-refractivity contribution in [1.29, 1.82) is 0 Å². The molecule has 1 fully saturated rings. The van der Waals surface area contributed by atoms with E-state index in [4.69, 9.17) is 21.1 Å². The number of anilines is 2. The van der Waals surface area contributed by atoms with Gasteiger partial charge in [-0.05, 0) is 12.8 Å². The second kappa shape index (κ2) is 4.92. The summed E-state index contributed by atoms with van der Waals surface area (Å²) < 4.78 is 18.1. The van der Waals surface area contributed by atoms with Gasteiger partial charge in [0.15, 0.2) is 19.1 Å². The summed E-state index contributed by atoms with van der Waals surface area (Å²) in [6.45, 7) is 0.336. The minimum Gasteiger partial charge on any atom is -0.777 e. The van der Waals surface area contributed by atoms with Crippen LogP contribution in [0.15, 0.2) is 6.33 Å². The quantitative estimate of drug-likeness (QED) is 0.605. The maximum atomic E-state index is 11.1. The van der Waals surface area contributed by atoms with Crippen molar-refractivity contribution in [1.82, 2.24) is 19.5 Å². The minimum atomic E-state index is -4.47. The van der Waals surface area contributed by atoms with Crippen LogP contribution >= 0.6 is 7.60 Å². The Bertz CT molecular complexity index is 728. The summed E-state index contributed by atoms with van der Waals surface area (Å²) in [7, 11) is -4.47. The molecule has 114 valence electrons. The normalized spacial score (nSPS) is 25.2.